The molecular weight excluding hydrogens is 864 g/mol. The van der Waals surface area contributed by atoms with Crippen LogP contribution in [0.1, 0.15) is 41.5 Å². The van der Waals surface area contributed by atoms with Gasteiger partial charge in [-0.3, -0.25) is 0 Å². The first-order valence-corrected chi connectivity index (χ1v) is 29.4. The monoisotopic (exact) mass is 908 g/mol. The number of primary sulfonamides is 3. The third-order valence-corrected chi connectivity index (χ3v) is 29.7. The highest BCUT2D eigenvalue weighted by Gasteiger charge is 2.46. The lowest BCUT2D eigenvalue weighted by atomic mass is 10.3. The number of benzene rings is 3. The van der Waals surface area contributed by atoms with Crippen LogP contribution in [-0.2, 0) is 34.6 Å². The number of nitrogens with two attached hydrogens (primary N) is 3. The van der Waals surface area contributed by atoms with Gasteiger partial charge in [-0.15, -0.1) is 0 Å². The molecule has 3 aromatic carbocycles. The number of sulfonamides is 3. The van der Waals surface area contributed by atoms with Gasteiger partial charge in [-0.1, -0.05) is 41.5 Å². The summed E-state index contributed by atoms with van der Waals surface area (Å²) in [5.74, 6) is 2.51. The van der Waals surface area contributed by atoms with Crippen LogP contribution >= 0.6 is 37.9 Å². The van der Waals surface area contributed by atoms with Crippen LogP contribution in [0.5, 0.6) is 17.2 Å². The molecule has 308 valence electrons. The Balaban J connectivity index is 1.46. The Kier molecular flexibility index (Phi) is 11.2. The molecule has 0 atom stereocenters. The molecule has 6 rings (SSSR count). The van der Waals surface area contributed by atoms with Crippen LogP contribution in [0.4, 0.5) is 17.1 Å². The predicted octanol–water partition coefficient (Wildman–Crippen LogP) is 6.81. The number of phosphoric ester groups is 1. The van der Waals surface area contributed by atoms with Crippen molar-refractivity contribution in [2.24, 2.45) is 30.4 Å². The Labute approximate surface area is 332 Å². The predicted molar refractivity (Wildman–Crippen MR) is 230 cm³/mol. The second kappa shape index (κ2) is 14.7. The van der Waals surface area contributed by atoms with Gasteiger partial charge < -0.3 is 13.6 Å². The largest absolute Gasteiger partial charge is 0.647 e. The van der Waals surface area contributed by atoms with Gasteiger partial charge in [0.25, 0.3) is 30.1 Å². The third-order valence-electron chi connectivity index (χ3n) is 10.0. The maximum atomic E-state index is 15.1. The van der Waals surface area contributed by atoms with Gasteiger partial charge in [-0.2, -0.15) is 34.6 Å². The number of hydrogen-bond donors (Lipinski definition) is 3. The van der Waals surface area contributed by atoms with Crippen molar-refractivity contribution in [3.63, 3.8) is 0 Å². The maximum absolute atomic E-state index is 15.1. The minimum absolute atomic E-state index is 0.0166. The van der Waals surface area contributed by atoms with Crippen LogP contribution in [0.3, 0.4) is 0 Å². The van der Waals surface area contributed by atoms with E-state index in [4.69, 9.17) is 29.0 Å². The van der Waals surface area contributed by atoms with E-state index in [1.165, 1.54) is 18.2 Å². The molecule has 0 saturated heterocycles. The molecule has 3 aromatic rings. The van der Waals surface area contributed by atoms with Crippen molar-refractivity contribution in [2.45, 2.75) is 56.2 Å². The summed E-state index contributed by atoms with van der Waals surface area (Å²) >= 11 is 0. The molecule has 56 heavy (non-hydrogen) atoms. The highest BCUT2D eigenvalue weighted by atomic mass is 32.3. The number of phosphoric acid groups is 1. The molecule has 0 amide bonds. The van der Waals surface area contributed by atoms with Crippen molar-refractivity contribution in [3.8, 4) is 17.2 Å². The van der Waals surface area contributed by atoms with Crippen molar-refractivity contribution in [1.82, 2.24) is 0 Å². The van der Waals surface area contributed by atoms with Gasteiger partial charge >= 0.3 is 7.82 Å². The van der Waals surface area contributed by atoms with Crippen molar-refractivity contribution in [2.75, 3.05) is 34.5 Å². The highest BCUT2D eigenvalue weighted by molar-refractivity contribution is 8.57. The SMILES string of the molecule is CCS1(CC)C(S(N)(=O)=O)=Nc2ccc(OP(=O)(Oc3ccc4c(c3)S(CC)(CC)C(S(N)(=O)=O)=N4)Oc3ccc4c(c3)S(CC)(CC)C(S(N)(=O)=O)=N4)cc21. The Morgan fingerprint density at radius 3 is 0.911 bits per heavy atom. The zero-order valence-corrected chi connectivity index (χ0v) is 37.3. The summed E-state index contributed by atoms with van der Waals surface area (Å²) < 4.78 is 109. The maximum Gasteiger partial charge on any atom is 0.647 e. The summed E-state index contributed by atoms with van der Waals surface area (Å²) in [6.45, 7) is 11.1. The molecule has 0 saturated carbocycles. The topological polar surface area (TPSA) is 262 Å². The van der Waals surface area contributed by atoms with Crippen LogP contribution in [-0.4, -0.2) is 72.9 Å². The fraction of sp³-hybridized carbons (Fsp3) is 0.364. The summed E-state index contributed by atoms with van der Waals surface area (Å²) in [4.78, 5) is 14.9. The number of hydrogen-bond acceptors (Lipinski definition) is 13. The first-order chi connectivity index (χ1) is 26.1. The third kappa shape index (κ3) is 7.02. The molecular formula is C33H45N6O10PS6. The lowest BCUT2D eigenvalue weighted by Gasteiger charge is -2.35. The van der Waals surface area contributed by atoms with E-state index in [-0.39, 0.29) is 30.4 Å². The smallest absolute Gasteiger partial charge is 0.386 e. The molecule has 0 spiro atoms. The van der Waals surface area contributed by atoms with Crippen LogP contribution in [0.15, 0.2) is 84.3 Å². The summed E-state index contributed by atoms with van der Waals surface area (Å²) in [5, 5.41) is 16.9. The van der Waals surface area contributed by atoms with Gasteiger partial charge in [-0.25, -0.2) is 55.6 Å². The van der Waals surface area contributed by atoms with E-state index >= 15 is 4.57 Å². The summed E-state index contributed by atoms with van der Waals surface area (Å²) in [5.41, 5.74) is 1.17. The first-order valence-electron chi connectivity index (χ1n) is 17.4. The fourth-order valence-electron chi connectivity index (χ4n) is 7.30. The molecule has 0 bridgehead atoms. The molecule has 0 fully saturated rings. The zero-order chi connectivity index (χ0) is 41.3. The molecule has 0 aromatic heterocycles. The molecule has 3 aliphatic heterocycles. The molecule has 3 heterocycles. The molecule has 0 radical (unpaired) electrons. The first kappa shape index (κ1) is 42.7. The lowest BCUT2D eigenvalue weighted by molar-refractivity contribution is 0.298. The van der Waals surface area contributed by atoms with Crippen LogP contribution in [0, 0.1) is 0 Å². The van der Waals surface area contributed by atoms with Crippen molar-refractivity contribution >= 4 is 98.2 Å². The van der Waals surface area contributed by atoms with Gasteiger partial charge in [0.2, 0.25) is 0 Å². The Morgan fingerprint density at radius 1 is 0.482 bits per heavy atom. The number of fused-ring (bicyclic) bond motifs is 3. The van der Waals surface area contributed by atoms with E-state index < -0.39 is 68.0 Å². The molecule has 0 unspecified atom stereocenters. The molecule has 23 heteroatoms. The van der Waals surface area contributed by atoms with Gasteiger partial charge in [0, 0.05) is 14.7 Å². The normalized spacial score (nSPS) is 19.7. The minimum atomic E-state index is -4.79. The van der Waals surface area contributed by atoms with Crippen LogP contribution < -0.4 is 29.0 Å². The lowest BCUT2D eigenvalue weighted by Crippen LogP contribution is -2.28. The summed E-state index contributed by atoms with van der Waals surface area (Å²) in [7, 11) is -24.0. The average Bonchev–Trinajstić information content (AvgIpc) is 3.77. The van der Waals surface area contributed by atoms with Crippen molar-refractivity contribution < 1.29 is 43.4 Å². The quantitative estimate of drug-likeness (QED) is 0.126. The second-order valence-corrected chi connectivity index (χ2v) is 30.7. The van der Waals surface area contributed by atoms with E-state index in [9.17, 15) is 25.3 Å². The van der Waals surface area contributed by atoms with E-state index in [0.717, 1.165) is 0 Å². The summed E-state index contributed by atoms with van der Waals surface area (Å²) in [6, 6.07) is 13.7. The number of rotatable bonds is 12. The molecule has 0 aliphatic carbocycles. The van der Waals surface area contributed by atoms with E-state index in [1.807, 2.05) is 41.5 Å². The van der Waals surface area contributed by atoms with Gasteiger partial charge in [-0.05, 0) is 89.1 Å². The Hall–Kier alpha value is -2.92. The van der Waals surface area contributed by atoms with E-state index in [0.29, 0.717) is 66.3 Å². The highest BCUT2D eigenvalue weighted by Crippen LogP contribution is 2.69. The van der Waals surface area contributed by atoms with Gasteiger partial charge in [0.1, 0.15) is 17.2 Å². The van der Waals surface area contributed by atoms with Crippen LogP contribution in [0.2, 0.25) is 0 Å². The Bertz CT molecular complexity index is 2340. The van der Waals surface area contributed by atoms with E-state index in [2.05, 4.69) is 15.0 Å². The van der Waals surface area contributed by atoms with Gasteiger partial charge in [0.05, 0.1) is 17.1 Å². The van der Waals surface area contributed by atoms with E-state index in [1.54, 1.807) is 36.4 Å². The fourth-order valence-corrected chi connectivity index (χ4v) is 26.0. The molecule has 3 aliphatic rings. The number of nitrogens with zero attached hydrogens (tertiary/aromatic N) is 3. The molecule has 16 nitrogen and oxygen atoms in total. The zero-order valence-electron chi connectivity index (χ0n) is 31.5. The minimum Gasteiger partial charge on any atom is -0.386 e. The van der Waals surface area contributed by atoms with Crippen LogP contribution in [0.25, 0.3) is 0 Å². The van der Waals surface area contributed by atoms with Gasteiger partial charge in [0.15, 0.2) is 13.1 Å². The Morgan fingerprint density at radius 2 is 0.714 bits per heavy atom. The standard InChI is InChI=1S/C33H45N6O10PS6/c1-7-51(8-2)28-19-22(13-16-25(28)37-31(51)54(34,41)42)47-50(40,48-23-14-17-26-29(20-23)52(9-3,10-4)32(38-26)55(35,43)44)49-24-15-18-27-30(21-24)53(11-5,12-6)33(39-27)56(36,45)46/h13-21H,7-12H2,1-6H3,(H2,34,41,42)(H2,35,43,44)(H2,36,45,46). The van der Waals surface area contributed by atoms with Crippen molar-refractivity contribution in [3.05, 3.63) is 54.6 Å². The molecule has 6 N–H and O–H groups in total. The average molecular weight is 909 g/mol. The summed E-state index contributed by atoms with van der Waals surface area (Å²) in [6.07, 6.45) is 0. The van der Waals surface area contributed by atoms with Crippen molar-refractivity contribution in [1.29, 1.82) is 0 Å². The number of aliphatic imine (C=N–C) groups is 3. The second-order valence-electron chi connectivity index (χ2n) is 12.8.